The van der Waals surface area contributed by atoms with E-state index in [9.17, 15) is 18.4 Å². The fourth-order valence-corrected chi connectivity index (χ4v) is 1.84. The maximum Gasteiger partial charge on any atom is 0.311 e. The highest BCUT2D eigenvalue weighted by Crippen LogP contribution is 2.24. The van der Waals surface area contributed by atoms with E-state index in [1.54, 1.807) is 6.92 Å². The molecule has 0 aliphatic carbocycles. The predicted molar refractivity (Wildman–Crippen MR) is 61.9 cm³/mol. The summed E-state index contributed by atoms with van der Waals surface area (Å²) in [6, 6.07) is 0.789. The first-order valence-corrected chi connectivity index (χ1v) is 5.77. The van der Waals surface area contributed by atoms with Gasteiger partial charge in [-0.2, -0.15) is 0 Å². The maximum absolute atomic E-state index is 12.7. The number of rotatable bonds is 5. The van der Waals surface area contributed by atoms with Gasteiger partial charge in [0.25, 0.3) is 6.43 Å². The van der Waals surface area contributed by atoms with Gasteiger partial charge >= 0.3 is 5.97 Å². The van der Waals surface area contributed by atoms with E-state index >= 15 is 0 Å². The Morgan fingerprint density at radius 3 is 2.72 bits per heavy atom. The third-order valence-electron chi connectivity index (χ3n) is 2.27. The second-order valence-corrected chi connectivity index (χ2v) is 3.73. The van der Waals surface area contributed by atoms with E-state index in [0.29, 0.717) is 0 Å². The minimum atomic E-state index is -2.82. The summed E-state index contributed by atoms with van der Waals surface area (Å²) in [5.74, 6) is -0.823. The van der Waals surface area contributed by atoms with Crippen LogP contribution in [0.1, 0.15) is 30.2 Å². The van der Waals surface area contributed by atoms with Crippen LogP contribution in [0.5, 0.6) is 0 Å². The highest BCUT2D eigenvalue weighted by molar-refractivity contribution is 6.17. The van der Waals surface area contributed by atoms with Gasteiger partial charge in [-0.1, -0.05) is 0 Å². The first-order valence-electron chi connectivity index (χ1n) is 5.24. The van der Waals surface area contributed by atoms with Crippen LogP contribution in [-0.2, 0) is 21.8 Å². The quantitative estimate of drug-likeness (QED) is 0.664. The molecule has 0 spiro atoms. The van der Waals surface area contributed by atoms with Crippen LogP contribution < -0.4 is 5.56 Å². The van der Waals surface area contributed by atoms with Crippen LogP contribution in [0.3, 0.4) is 0 Å². The first-order chi connectivity index (χ1) is 8.49. The van der Waals surface area contributed by atoms with Crippen molar-refractivity contribution in [2.45, 2.75) is 25.7 Å². The molecule has 100 valence electrons. The second-order valence-electron chi connectivity index (χ2n) is 3.46. The molecule has 0 aromatic carbocycles. The standard InChI is InChI=1S/C11H12ClF2NO3/c1-2-18-10(17)4-8-7(5-12)6(11(13)14)3-9(16)15-8/h3,11H,2,4-5H2,1H3,(H,15,16). The fourth-order valence-electron chi connectivity index (χ4n) is 1.52. The summed E-state index contributed by atoms with van der Waals surface area (Å²) in [5.41, 5.74) is -1.00. The molecule has 0 atom stereocenters. The van der Waals surface area contributed by atoms with E-state index in [1.807, 2.05) is 0 Å². The van der Waals surface area contributed by atoms with Gasteiger partial charge in [0, 0.05) is 23.2 Å². The highest BCUT2D eigenvalue weighted by Gasteiger charge is 2.19. The van der Waals surface area contributed by atoms with Crippen molar-refractivity contribution in [3.05, 3.63) is 33.2 Å². The fraction of sp³-hybridized carbons (Fsp3) is 0.455. The van der Waals surface area contributed by atoms with Crippen LogP contribution in [0.15, 0.2) is 10.9 Å². The van der Waals surface area contributed by atoms with Crippen molar-refractivity contribution < 1.29 is 18.3 Å². The molecule has 1 heterocycles. The van der Waals surface area contributed by atoms with Crippen molar-refractivity contribution in [2.75, 3.05) is 6.61 Å². The third kappa shape index (κ3) is 3.53. The molecule has 0 unspecified atom stereocenters. The summed E-state index contributed by atoms with van der Waals surface area (Å²) >= 11 is 5.59. The normalized spacial score (nSPS) is 10.7. The van der Waals surface area contributed by atoms with Crippen molar-refractivity contribution in [1.29, 1.82) is 0 Å². The summed E-state index contributed by atoms with van der Waals surface area (Å²) in [7, 11) is 0. The molecule has 7 heteroatoms. The van der Waals surface area contributed by atoms with Crippen LogP contribution in [0.2, 0.25) is 0 Å². The van der Waals surface area contributed by atoms with Gasteiger partial charge in [-0.3, -0.25) is 9.59 Å². The lowest BCUT2D eigenvalue weighted by Crippen LogP contribution is -2.18. The highest BCUT2D eigenvalue weighted by atomic mass is 35.5. The molecule has 1 aromatic heterocycles. The van der Waals surface area contributed by atoms with E-state index in [4.69, 9.17) is 16.3 Å². The summed E-state index contributed by atoms with van der Waals surface area (Å²) in [6.07, 6.45) is -3.10. The number of aromatic amines is 1. The van der Waals surface area contributed by atoms with Gasteiger partial charge in [0.15, 0.2) is 0 Å². The van der Waals surface area contributed by atoms with Crippen LogP contribution in [-0.4, -0.2) is 17.6 Å². The van der Waals surface area contributed by atoms with Crippen LogP contribution in [0.25, 0.3) is 0 Å². The number of nitrogens with one attached hydrogen (secondary N) is 1. The summed E-state index contributed by atoms with van der Waals surface area (Å²) < 4.78 is 30.2. The Kier molecular flexibility index (Phi) is 5.27. The molecule has 1 N–H and O–H groups in total. The van der Waals surface area contributed by atoms with Gasteiger partial charge in [-0.25, -0.2) is 8.78 Å². The molecular formula is C11H12ClF2NO3. The topological polar surface area (TPSA) is 59.2 Å². The number of pyridine rings is 1. The number of hydrogen-bond donors (Lipinski definition) is 1. The summed E-state index contributed by atoms with van der Waals surface area (Å²) in [5, 5.41) is 0. The molecule has 0 saturated carbocycles. The van der Waals surface area contributed by atoms with Crippen molar-refractivity contribution in [3.63, 3.8) is 0 Å². The SMILES string of the molecule is CCOC(=O)Cc1[nH]c(=O)cc(C(F)F)c1CCl. The maximum atomic E-state index is 12.7. The molecule has 1 rings (SSSR count). The molecule has 0 bridgehead atoms. The Morgan fingerprint density at radius 2 is 2.22 bits per heavy atom. The number of ether oxygens (including phenoxy) is 1. The van der Waals surface area contributed by atoms with E-state index in [0.717, 1.165) is 6.07 Å². The molecule has 1 aromatic rings. The van der Waals surface area contributed by atoms with Gasteiger partial charge < -0.3 is 9.72 Å². The Labute approximate surface area is 107 Å². The Balaban J connectivity index is 3.17. The molecule has 0 fully saturated rings. The number of alkyl halides is 3. The van der Waals surface area contributed by atoms with Crippen molar-refractivity contribution in [1.82, 2.24) is 4.98 Å². The van der Waals surface area contributed by atoms with Gasteiger partial charge in [0.1, 0.15) is 0 Å². The van der Waals surface area contributed by atoms with Gasteiger partial charge in [-0.05, 0) is 12.5 Å². The molecule has 18 heavy (non-hydrogen) atoms. The Hall–Kier alpha value is -1.43. The molecule has 0 radical (unpaired) electrons. The zero-order chi connectivity index (χ0) is 13.7. The predicted octanol–water partition coefficient (Wildman–Crippen LogP) is 2.16. The van der Waals surface area contributed by atoms with E-state index in [2.05, 4.69) is 4.98 Å². The van der Waals surface area contributed by atoms with Crippen LogP contribution >= 0.6 is 11.6 Å². The number of H-pyrrole nitrogens is 1. The minimum Gasteiger partial charge on any atom is -0.466 e. The molecule has 0 aliphatic heterocycles. The first kappa shape index (κ1) is 14.6. The lowest BCUT2D eigenvalue weighted by atomic mass is 10.1. The van der Waals surface area contributed by atoms with Gasteiger partial charge in [0.2, 0.25) is 5.56 Å². The molecule has 0 amide bonds. The second kappa shape index (κ2) is 6.49. The van der Waals surface area contributed by atoms with Crippen molar-refractivity contribution >= 4 is 17.6 Å². The number of aromatic nitrogens is 1. The largest absolute Gasteiger partial charge is 0.466 e. The smallest absolute Gasteiger partial charge is 0.311 e. The third-order valence-corrected chi connectivity index (χ3v) is 2.54. The van der Waals surface area contributed by atoms with Gasteiger partial charge in [0.05, 0.1) is 13.0 Å². The molecular weight excluding hydrogens is 268 g/mol. The summed E-state index contributed by atoms with van der Waals surface area (Å²) in [4.78, 5) is 24.9. The number of hydrogen-bond acceptors (Lipinski definition) is 3. The molecule has 4 nitrogen and oxygen atoms in total. The van der Waals surface area contributed by atoms with Crippen molar-refractivity contribution in [3.8, 4) is 0 Å². The number of carbonyl (C=O) groups is 1. The minimum absolute atomic E-state index is 0.0688. The Bertz CT molecular complexity index is 488. The monoisotopic (exact) mass is 279 g/mol. The van der Waals surface area contributed by atoms with Crippen molar-refractivity contribution in [2.24, 2.45) is 0 Å². The average Bonchev–Trinajstić information content (AvgIpc) is 2.28. The van der Waals surface area contributed by atoms with Gasteiger partial charge in [-0.15, -0.1) is 11.6 Å². The zero-order valence-corrected chi connectivity index (χ0v) is 10.4. The number of carbonyl (C=O) groups excluding carboxylic acids is 1. The molecule has 0 saturated heterocycles. The summed E-state index contributed by atoms with van der Waals surface area (Å²) in [6.45, 7) is 1.80. The number of esters is 1. The van der Waals surface area contributed by atoms with E-state index in [1.165, 1.54) is 0 Å². The lowest BCUT2D eigenvalue weighted by molar-refractivity contribution is -0.142. The van der Waals surface area contributed by atoms with E-state index < -0.39 is 23.5 Å². The molecule has 0 aliphatic rings. The average molecular weight is 280 g/mol. The zero-order valence-electron chi connectivity index (χ0n) is 9.63. The Morgan fingerprint density at radius 1 is 1.56 bits per heavy atom. The van der Waals surface area contributed by atoms with Crippen LogP contribution in [0, 0.1) is 0 Å². The number of halogens is 3. The lowest BCUT2D eigenvalue weighted by Gasteiger charge is -2.11. The van der Waals surface area contributed by atoms with E-state index in [-0.39, 0.29) is 30.2 Å². The van der Waals surface area contributed by atoms with Crippen LogP contribution in [0.4, 0.5) is 8.78 Å².